The fourth-order valence-electron chi connectivity index (χ4n) is 2.77. The van der Waals surface area contributed by atoms with Gasteiger partial charge < -0.3 is 4.90 Å². The summed E-state index contributed by atoms with van der Waals surface area (Å²) in [6.07, 6.45) is 2.14. The van der Waals surface area contributed by atoms with Crippen molar-refractivity contribution in [3.63, 3.8) is 0 Å². The molecule has 102 valence electrons. The maximum atomic E-state index is 6.25. The minimum atomic E-state index is 0.833. The van der Waals surface area contributed by atoms with E-state index in [-0.39, 0.29) is 0 Å². The molecule has 1 N–H and O–H groups in total. The van der Waals surface area contributed by atoms with E-state index >= 15 is 0 Å². The molecule has 0 aliphatic carbocycles. The molecule has 20 heavy (non-hydrogen) atoms. The Kier molecular flexibility index (Phi) is 2.89. The normalized spacial score (nSPS) is 14.8. The van der Waals surface area contributed by atoms with Crippen molar-refractivity contribution < 1.29 is 0 Å². The van der Waals surface area contributed by atoms with Gasteiger partial charge in [0.05, 0.1) is 9.72 Å². The van der Waals surface area contributed by atoms with E-state index in [0.717, 1.165) is 42.5 Å². The average Bonchev–Trinajstić information content (AvgIpc) is 3.07. The molecule has 3 heterocycles. The minimum absolute atomic E-state index is 0.833. The van der Waals surface area contributed by atoms with Crippen LogP contribution >= 0.6 is 22.9 Å². The second-order valence-corrected chi connectivity index (χ2v) is 6.28. The van der Waals surface area contributed by atoms with Crippen LogP contribution < -0.4 is 4.90 Å². The van der Waals surface area contributed by atoms with Gasteiger partial charge in [-0.3, -0.25) is 0 Å². The van der Waals surface area contributed by atoms with Gasteiger partial charge in [0.25, 0.3) is 0 Å². The fourth-order valence-corrected chi connectivity index (χ4v) is 4.04. The van der Waals surface area contributed by atoms with E-state index in [1.807, 2.05) is 12.1 Å². The maximum absolute atomic E-state index is 6.25. The molecule has 2 aromatic heterocycles. The number of benzene rings is 1. The molecule has 0 fully saturated rings. The summed E-state index contributed by atoms with van der Waals surface area (Å²) < 4.78 is 1.17. The lowest BCUT2D eigenvalue weighted by Gasteiger charge is -2.26. The number of aromatic nitrogens is 3. The molecule has 1 aliphatic heterocycles. The largest absolute Gasteiger partial charge is 0.349 e. The van der Waals surface area contributed by atoms with Gasteiger partial charge in [0, 0.05) is 13.1 Å². The zero-order chi connectivity index (χ0) is 13.5. The van der Waals surface area contributed by atoms with Crippen LogP contribution in [0.25, 0.3) is 10.1 Å². The topological polar surface area (TPSA) is 44.8 Å². The van der Waals surface area contributed by atoms with Gasteiger partial charge in [-0.15, -0.1) is 16.4 Å². The van der Waals surface area contributed by atoms with E-state index < -0.39 is 0 Å². The predicted molar refractivity (Wildman–Crippen MR) is 82.6 cm³/mol. The summed E-state index contributed by atoms with van der Waals surface area (Å²) in [6, 6.07) is 6.10. The van der Waals surface area contributed by atoms with Gasteiger partial charge in [0.1, 0.15) is 5.69 Å². The predicted octanol–water partition coefficient (Wildman–Crippen LogP) is 3.63. The quantitative estimate of drug-likeness (QED) is 0.786. The molecular weight excluding hydrogens is 292 g/mol. The SMILES string of the molecule is Clc1cccc2c(CN3CCCc4n[nH]nc43)csc12. The van der Waals surface area contributed by atoms with Crippen molar-refractivity contribution in [1.29, 1.82) is 0 Å². The van der Waals surface area contributed by atoms with Crippen molar-refractivity contribution in [1.82, 2.24) is 15.4 Å². The fraction of sp³-hybridized carbons (Fsp3) is 0.286. The molecular formula is C14H13ClN4S. The highest BCUT2D eigenvalue weighted by molar-refractivity contribution is 7.18. The number of aryl methyl sites for hydroxylation is 1. The third-order valence-corrected chi connectivity index (χ3v) is 5.24. The van der Waals surface area contributed by atoms with Crippen molar-refractivity contribution in [2.24, 2.45) is 0 Å². The Bertz CT molecular complexity index is 763. The molecule has 0 bridgehead atoms. The van der Waals surface area contributed by atoms with Crippen LogP contribution in [-0.4, -0.2) is 22.0 Å². The Balaban J connectivity index is 1.71. The Labute approximate surface area is 125 Å². The summed E-state index contributed by atoms with van der Waals surface area (Å²) in [5.41, 5.74) is 2.39. The zero-order valence-corrected chi connectivity index (χ0v) is 12.3. The molecule has 0 spiro atoms. The molecule has 0 saturated carbocycles. The van der Waals surface area contributed by atoms with Crippen molar-refractivity contribution in [3.8, 4) is 0 Å². The van der Waals surface area contributed by atoms with Crippen LogP contribution in [0.2, 0.25) is 5.02 Å². The molecule has 4 rings (SSSR count). The Hall–Kier alpha value is -1.59. The summed E-state index contributed by atoms with van der Waals surface area (Å²) in [6.45, 7) is 1.89. The lowest BCUT2D eigenvalue weighted by atomic mass is 10.1. The van der Waals surface area contributed by atoms with Crippen LogP contribution in [0.4, 0.5) is 5.82 Å². The van der Waals surface area contributed by atoms with E-state index in [2.05, 4.69) is 31.8 Å². The van der Waals surface area contributed by atoms with Crippen LogP contribution in [0.15, 0.2) is 23.6 Å². The molecule has 0 amide bonds. The Morgan fingerprint density at radius 3 is 3.25 bits per heavy atom. The van der Waals surface area contributed by atoms with E-state index in [9.17, 15) is 0 Å². The van der Waals surface area contributed by atoms with Gasteiger partial charge in [0.15, 0.2) is 5.82 Å². The summed E-state index contributed by atoms with van der Waals surface area (Å²) in [5, 5.41) is 15.5. The summed E-state index contributed by atoms with van der Waals surface area (Å²) in [7, 11) is 0. The number of anilines is 1. The summed E-state index contributed by atoms with van der Waals surface area (Å²) in [5.74, 6) is 0.998. The molecule has 0 atom stereocenters. The minimum Gasteiger partial charge on any atom is -0.349 e. The van der Waals surface area contributed by atoms with Crippen molar-refractivity contribution in [3.05, 3.63) is 39.9 Å². The van der Waals surface area contributed by atoms with Gasteiger partial charge in [-0.05, 0) is 35.2 Å². The number of fused-ring (bicyclic) bond motifs is 2. The van der Waals surface area contributed by atoms with E-state index in [1.165, 1.54) is 15.6 Å². The van der Waals surface area contributed by atoms with Crippen LogP contribution in [-0.2, 0) is 13.0 Å². The van der Waals surface area contributed by atoms with Crippen LogP contribution in [0.1, 0.15) is 17.7 Å². The molecule has 1 aromatic carbocycles. The van der Waals surface area contributed by atoms with Crippen molar-refractivity contribution in [2.75, 3.05) is 11.4 Å². The molecule has 0 unspecified atom stereocenters. The zero-order valence-electron chi connectivity index (χ0n) is 10.8. The second-order valence-electron chi connectivity index (χ2n) is 5.00. The smallest absolute Gasteiger partial charge is 0.174 e. The first-order valence-corrected chi connectivity index (χ1v) is 7.88. The first kappa shape index (κ1) is 12.2. The molecule has 0 saturated heterocycles. The number of halogens is 1. The summed E-state index contributed by atoms with van der Waals surface area (Å²) in [4.78, 5) is 2.30. The number of H-pyrrole nitrogens is 1. The molecule has 0 radical (unpaired) electrons. The highest BCUT2D eigenvalue weighted by Crippen LogP contribution is 2.34. The van der Waals surface area contributed by atoms with Crippen molar-refractivity contribution >= 4 is 38.8 Å². The van der Waals surface area contributed by atoms with E-state index in [4.69, 9.17) is 11.6 Å². The number of nitrogens with zero attached hydrogens (tertiary/aromatic N) is 3. The monoisotopic (exact) mass is 304 g/mol. The van der Waals surface area contributed by atoms with Crippen LogP contribution in [0.3, 0.4) is 0 Å². The number of rotatable bonds is 2. The highest BCUT2D eigenvalue weighted by Gasteiger charge is 2.21. The second kappa shape index (κ2) is 4.75. The Morgan fingerprint density at radius 2 is 2.30 bits per heavy atom. The van der Waals surface area contributed by atoms with Crippen molar-refractivity contribution in [2.45, 2.75) is 19.4 Å². The number of hydrogen-bond donors (Lipinski definition) is 1. The number of aromatic amines is 1. The lowest BCUT2D eigenvalue weighted by molar-refractivity contribution is 0.679. The van der Waals surface area contributed by atoms with Gasteiger partial charge in [0.2, 0.25) is 0 Å². The molecule has 4 nitrogen and oxygen atoms in total. The van der Waals surface area contributed by atoms with Crippen LogP contribution in [0, 0.1) is 0 Å². The lowest BCUT2D eigenvalue weighted by Crippen LogP contribution is -2.28. The summed E-state index contributed by atoms with van der Waals surface area (Å²) >= 11 is 7.96. The molecule has 1 aliphatic rings. The third-order valence-electron chi connectivity index (χ3n) is 3.73. The van der Waals surface area contributed by atoms with Gasteiger partial charge in [-0.25, -0.2) is 0 Å². The van der Waals surface area contributed by atoms with Crippen LogP contribution in [0.5, 0.6) is 0 Å². The average molecular weight is 305 g/mol. The number of nitrogens with one attached hydrogen (secondary N) is 1. The highest BCUT2D eigenvalue weighted by atomic mass is 35.5. The molecule has 6 heteroatoms. The standard InChI is InChI=1S/C14H13ClN4S/c15-11-4-1-3-10-9(8-20-13(10)11)7-19-6-2-5-12-14(19)17-18-16-12/h1,3-4,8H,2,5-7H2,(H,16,17,18). The number of hydrogen-bond acceptors (Lipinski definition) is 4. The van der Waals surface area contributed by atoms with E-state index in [0.29, 0.717) is 0 Å². The first-order chi connectivity index (χ1) is 9.83. The van der Waals surface area contributed by atoms with Gasteiger partial charge in [-0.1, -0.05) is 23.7 Å². The maximum Gasteiger partial charge on any atom is 0.174 e. The van der Waals surface area contributed by atoms with Gasteiger partial charge in [-0.2, -0.15) is 10.3 Å². The molecule has 3 aromatic rings. The third kappa shape index (κ3) is 1.89. The van der Waals surface area contributed by atoms with Gasteiger partial charge >= 0.3 is 0 Å². The van der Waals surface area contributed by atoms with E-state index in [1.54, 1.807) is 11.3 Å². The first-order valence-electron chi connectivity index (χ1n) is 6.62. The number of thiophene rings is 1. The Morgan fingerprint density at radius 1 is 1.35 bits per heavy atom.